The van der Waals surface area contributed by atoms with E-state index in [1.807, 2.05) is 18.3 Å². The van der Waals surface area contributed by atoms with Crippen molar-refractivity contribution in [3.05, 3.63) is 48.7 Å². The van der Waals surface area contributed by atoms with E-state index in [0.717, 1.165) is 30.1 Å². The van der Waals surface area contributed by atoms with E-state index >= 15 is 0 Å². The van der Waals surface area contributed by atoms with Crippen LogP contribution in [-0.2, 0) is 0 Å². The molecule has 0 aliphatic carbocycles. The summed E-state index contributed by atoms with van der Waals surface area (Å²) < 4.78 is 2.37. The Morgan fingerprint density at radius 2 is 2.00 bits per heavy atom. The number of likely N-dealkylation sites (tertiary alicyclic amines) is 1. The summed E-state index contributed by atoms with van der Waals surface area (Å²) in [6.45, 7) is 5.63. The molecule has 0 radical (unpaired) electrons. The molecule has 1 aromatic carbocycles. The Balaban J connectivity index is 1.86. The van der Waals surface area contributed by atoms with Crippen molar-refractivity contribution >= 4 is 11.2 Å². The summed E-state index contributed by atoms with van der Waals surface area (Å²) in [6, 6.07) is 14.9. The molecule has 23 heavy (non-hydrogen) atoms. The van der Waals surface area contributed by atoms with Crippen molar-refractivity contribution < 1.29 is 0 Å². The van der Waals surface area contributed by atoms with Gasteiger partial charge in [0.25, 0.3) is 0 Å². The van der Waals surface area contributed by atoms with E-state index in [1.54, 1.807) is 0 Å². The Bertz CT molecular complexity index is 793. The fourth-order valence-corrected chi connectivity index (χ4v) is 3.60. The largest absolute Gasteiger partial charge is 0.304 e. The van der Waals surface area contributed by atoms with Gasteiger partial charge in [-0.1, -0.05) is 37.3 Å². The van der Waals surface area contributed by atoms with Gasteiger partial charge in [0.15, 0.2) is 5.65 Å². The monoisotopic (exact) mass is 306 g/mol. The first-order valence-electron chi connectivity index (χ1n) is 8.47. The molecule has 118 valence electrons. The van der Waals surface area contributed by atoms with Crippen molar-refractivity contribution in [1.29, 1.82) is 0 Å². The lowest BCUT2D eigenvalue weighted by Gasteiger charge is -2.33. The lowest BCUT2D eigenvalue weighted by Crippen LogP contribution is -2.36. The molecule has 0 N–H and O–H groups in total. The molecule has 0 spiro atoms. The molecule has 4 nitrogen and oxygen atoms in total. The van der Waals surface area contributed by atoms with E-state index in [-0.39, 0.29) is 0 Å². The normalized spacial score (nSPS) is 19.3. The molecule has 0 bridgehead atoms. The van der Waals surface area contributed by atoms with E-state index in [2.05, 4.69) is 51.7 Å². The zero-order valence-corrected chi connectivity index (χ0v) is 13.5. The highest BCUT2D eigenvalue weighted by atomic mass is 15.2. The maximum atomic E-state index is 4.89. The van der Waals surface area contributed by atoms with Crippen LogP contribution in [0, 0.1) is 0 Å². The molecule has 0 amide bonds. The molecule has 3 heterocycles. The molecule has 4 rings (SSSR count). The third-order valence-corrected chi connectivity index (χ3v) is 4.77. The van der Waals surface area contributed by atoms with Crippen molar-refractivity contribution in [2.75, 3.05) is 19.6 Å². The number of nitrogens with zero attached hydrogens (tertiary/aromatic N) is 4. The number of likely N-dealkylation sites (N-methyl/N-ethyl adjacent to an activating group) is 1. The fourth-order valence-electron chi connectivity index (χ4n) is 3.60. The molecule has 2 aromatic heterocycles. The van der Waals surface area contributed by atoms with E-state index in [4.69, 9.17) is 4.98 Å². The maximum Gasteiger partial charge on any atom is 0.160 e. The molecule has 1 unspecified atom stereocenters. The van der Waals surface area contributed by atoms with Crippen LogP contribution in [0.25, 0.3) is 22.6 Å². The van der Waals surface area contributed by atoms with Gasteiger partial charge < -0.3 is 9.47 Å². The minimum atomic E-state index is 0.443. The second-order valence-corrected chi connectivity index (χ2v) is 6.21. The highest BCUT2D eigenvalue weighted by Gasteiger charge is 2.25. The zero-order chi connectivity index (χ0) is 15.6. The Kier molecular flexibility index (Phi) is 3.83. The lowest BCUT2D eigenvalue weighted by molar-refractivity contribution is 0.188. The first-order chi connectivity index (χ1) is 11.4. The molecular formula is C19H22N4. The van der Waals surface area contributed by atoms with Crippen LogP contribution in [0.5, 0.6) is 0 Å². The third kappa shape index (κ3) is 2.63. The lowest BCUT2D eigenvalue weighted by atomic mass is 10.0. The predicted molar refractivity (Wildman–Crippen MR) is 93.3 cm³/mol. The van der Waals surface area contributed by atoms with Crippen LogP contribution in [0.3, 0.4) is 0 Å². The zero-order valence-electron chi connectivity index (χ0n) is 13.5. The molecule has 4 heteroatoms. The van der Waals surface area contributed by atoms with Gasteiger partial charge in [0.1, 0.15) is 11.3 Å². The number of benzene rings is 1. The van der Waals surface area contributed by atoms with Crippen molar-refractivity contribution in [3.63, 3.8) is 0 Å². The molecule has 1 fully saturated rings. The number of piperidine rings is 1. The standard InChI is InChI=1S/C19H22N4/c1-2-22-13-7-10-16(14-22)23-18(15-8-4-3-5-9-15)21-17-11-6-12-20-19(17)23/h3-6,8-9,11-12,16H,2,7,10,13-14H2,1H3. The van der Waals surface area contributed by atoms with Gasteiger partial charge in [0.05, 0.1) is 0 Å². The Labute approximate surface area is 136 Å². The number of imidazole rings is 1. The van der Waals surface area contributed by atoms with Gasteiger partial charge in [-0.2, -0.15) is 0 Å². The third-order valence-electron chi connectivity index (χ3n) is 4.77. The van der Waals surface area contributed by atoms with Gasteiger partial charge in [-0.05, 0) is 38.1 Å². The van der Waals surface area contributed by atoms with Crippen LogP contribution in [0.4, 0.5) is 0 Å². The van der Waals surface area contributed by atoms with E-state index in [9.17, 15) is 0 Å². The molecule has 1 atom stereocenters. The quantitative estimate of drug-likeness (QED) is 0.739. The number of rotatable bonds is 3. The second kappa shape index (κ2) is 6.13. The first-order valence-corrected chi connectivity index (χ1v) is 8.47. The average Bonchev–Trinajstić information content (AvgIpc) is 3.02. The van der Waals surface area contributed by atoms with Gasteiger partial charge in [-0.3, -0.25) is 0 Å². The number of pyridine rings is 1. The van der Waals surface area contributed by atoms with Gasteiger partial charge in [-0.25, -0.2) is 9.97 Å². The number of hydrogen-bond acceptors (Lipinski definition) is 3. The van der Waals surface area contributed by atoms with Crippen LogP contribution in [0.15, 0.2) is 48.7 Å². The van der Waals surface area contributed by atoms with Crippen molar-refractivity contribution in [2.24, 2.45) is 0 Å². The summed E-state index contributed by atoms with van der Waals surface area (Å²) in [5.41, 5.74) is 3.16. The smallest absolute Gasteiger partial charge is 0.160 e. The summed E-state index contributed by atoms with van der Waals surface area (Å²) in [5, 5.41) is 0. The van der Waals surface area contributed by atoms with Gasteiger partial charge in [0.2, 0.25) is 0 Å². The highest BCUT2D eigenvalue weighted by Crippen LogP contribution is 2.31. The Morgan fingerprint density at radius 1 is 1.13 bits per heavy atom. The summed E-state index contributed by atoms with van der Waals surface area (Å²) in [7, 11) is 0. The van der Waals surface area contributed by atoms with Crippen LogP contribution in [-0.4, -0.2) is 39.1 Å². The topological polar surface area (TPSA) is 34.0 Å². The van der Waals surface area contributed by atoms with Crippen molar-refractivity contribution in [2.45, 2.75) is 25.8 Å². The van der Waals surface area contributed by atoms with Gasteiger partial charge in [-0.15, -0.1) is 0 Å². The molecular weight excluding hydrogens is 284 g/mol. The van der Waals surface area contributed by atoms with Crippen LogP contribution < -0.4 is 0 Å². The number of hydrogen-bond donors (Lipinski definition) is 0. The van der Waals surface area contributed by atoms with Gasteiger partial charge >= 0.3 is 0 Å². The van der Waals surface area contributed by atoms with E-state index in [0.29, 0.717) is 6.04 Å². The molecule has 1 aliphatic heterocycles. The van der Waals surface area contributed by atoms with E-state index < -0.39 is 0 Å². The van der Waals surface area contributed by atoms with Crippen LogP contribution in [0.2, 0.25) is 0 Å². The minimum Gasteiger partial charge on any atom is -0.304 e. The summed E-state index contributed by atoms with van der Waals surface area (Å²) in [6.07, 6.45) is 4.30. The first kappa shape index (κ1) is 14.4. The summed E-state index contributed by atoms with van der Waals surface area (Å²) >= 11 is 0. The fraction of sp³-hybridized carbons (Fsp3) is 0.368. The Hall–Kier alpha value is -2.20. The SMILES string of the molecule is CCN1CCCC(n2c(-c3ccccc3)nc3cccnc32)C1. The second-order valence-electron chi connectivity index (χ2n) is 6.21. The summed E-state index contributed by atoms with van der Waals surface area (Å²) in [4.78, 5) is 12.1. The highest BCUT2D eigenvalue weighted by molar-refractivity contribution is 5.77. The van der Waals surface area contributed by atoms with E-state index in [1.165, 1.54) is 24.9 Å². The minimum absolute atomic E-state index is 0.443. The Morgan fingerprint density at radius 3 is 2.83 bits per heavy atom. The average molecular weight is 306 g/mol. The molecule has 1 saturated heterocycles. The number of fused-ring (bicyclic) bond motifs is 1. The maximum absolute atomic E-state index is 4.89. The molecule has 1 aliphatic rings. The van der Waals surface area contributed by atoms with Crippen molar-refractivity contribution in [1.82, 2.24) is 19.4 Å². The van der Waals surface area contributed by atoms with Crippen LogP contribution >= 0.6 is 0 Å². The predicted octanol–water partition coefficient (Wildman–Crippen LogP) is 3.76. The van der Waals surface area contributed by atoms with Crippen molar-refractivity contribution in [3.8, 4) is 11.4 Å². The van der Waals surface area contributed by atoms with Gasteiger partial charge in [0, 0.05) is 24.3 Å². The number of aromatic nitrogens is 3. The molecule has 3 aromatic rings. The molecule has 0 saturated carbocycles. The summed E-state index contributed by atoms with van der Waals surface area (Å²) in [5.74, 6) is 1.04. The van der Waals surface area contributed by atoms with Crippen LogP contribution in [0.1, 0.15) is 25.8 Å².